The fourth-order valence-corrected chi connectivity index (χ4v) is 1.20. The molecule has 1 rings (SSSR count). The van der Waals surface area contributed by atoms with Crippen LogP contribution in [0, 0.1) is 5.82 Å². The lowest BCUT2D eigenvalue weighted by atomic mass is 10.0. The molecule has 4 N–H and O–H groups in total. The second-order valence-electron chi connectivity index (χ2n) is 3.19. The van der Waals surface area contributed by atoms with Gasteiger partial charge in [0.1, 0.15) is 11.9 Å². The van der Waals surface area contributed by atoms with Crippen LogP contribution in [-0.2, 0) is 9.53 Å². The highest BCUT2D eigenvalue weighted by molar-refractivity contribution is 5.75. The molecule has 0 bridgehead atoms. The molecule has 2 unspecified atom stereocenters. The smallest absolute Gasteiger partial charge is 0.337 e. The van der Waals surface area contributed by atoms with Crippen LogP contribution in [0.25, 0.3) is 0 Å². The summed E-state index contributed by atoms with van der Waals surface area (Å²) >= 11 is 0. The molecule has 0 radical (unpaired) electrons. The maximum atomic E-state index is 13.3. The van der Waals surface area contributed by atoms with Crippen molar-refractivity contribution in [1.29, 1.82) is 0 Å². The molecule has 6 heteroatoms. The second kappa shape index (κ2) is 4.91. The molecule has 0 fully saturated rings. The molecule has 0 saturated heterocycles. The van der Waals surface area contributed by atoms with Crippen molar-refractivity contribution in [1.82, 2.24) is 0 Å². The molecular formula is C10H12FNO4. The van der Waals surface area contributed by atoms with Crippen molar-refractivity contribution >= 4 is 11.7 Å². The summed E-state index contributed by atoms with van der Waals surface area (Å²) in [4.78, 5) is 10.9. The average Bonchev–Trinajstić information content (AvgIpc) is 2.26. The van der Waals surface area contributed by atoms with E-state index >= 15 is 0 Å². The molecular weight excluding hydrogens is 217 g/mol. The number of hydrogen-bond donors (Lipinski definition) is 3. The quantitative estimate of drug-likeness (QED) is 0.500. The lowest BCUT2D eigenvalue weighted by molar-refractivity contribution is -0.156. The van der Waals surface area contributed by atoms with Crippen LogP contribution in [0.3, 0.4) is 0 Å². The van der Waals surface area contributed by atoms with Gasteiger partial charge in [-0.1, -0.05) is 6.07 Å². The number of aliphatic hydroxyl groups excluding tert-OH is 2. The molecule has 0 aliphatic rings. The Bertz CT molecular complexity index is 396. The minimum atomic E-state index is -1.83. The first-order valence-corrected chi connectivity index (χ1v) is 4.46. The van der Waals surface area contributed by atoms with Crippen LogP contribution in [0.15, 0.2) is 18.2 Å². The number of hydrogen-bond acceptors (Lipinski definition) is 5. The molecule has 16 heavy (non-hydrogen) atoms. The van der Waals surface area contributed by atoms with Gasteiger partial charge >= 0.3 is 5.97 Å². The van der Waals surface area contributed by atoms with Gasteiger partial charge in [-0.25, -0.2) is 9.18 Å². The summed E-state index contributed by atoms with van der Waals surface area (Å²) in [6.45, 7) is 0. The highest BCUT2D eigenvalue weighted by atomic mass is 19.1. The Labute approximate surface area is 91.3 Å². The number of benzene rings is 1. The van der Waals surface area contributed by atoms with E-state index in [2.05, 4.69) is 4.74 Å². The molecule has 0 aliphatic heterocycles. The zero-order valence-corrected chi connectivity index (χ0v) is 8.55. The molecule has 5 nitrogen and oxygen atoms in total. The van der Waals surface area contributed by atoms with Crippen LogP contribution in [0.4, 0.5) is 10.1 Å². The van der Waals surface area contributed by atoms with Crippen molar-refractivity contribution in [3.8, 4) is 0 Å². The fraction of sp³-hybridized carbons (Fsp3) is 0.300. The van der Waals surface area contributed by atoms with Gasteiger partial charge in [0.05, 0.1) is 7.11 Å². The van der Waals surface area contributed by atoms with Gasteiger partial charge < -0.3 is 20.7 Å². The summed E-state index contributed by atoms with van der Waals surface area (Å²) in [5.41, 5.74) is 5.28. The van der Waals surface area contributed by atoms with Crippen molar-refractivity contribution < 1.29 is 24.1 Å². The minimum Gasteiger partial charge on any atom is -0.467 e. The topological polar surface area (TPSA) is 92.8 Å². The number of nitrogens with two attached hydrogens (primary N) is 1. The molecule has 2 atom stereocenters. The van der Waals surface area contributed by atoms with Gasteiger partial charge in [0.25, 0.3) is 0 Å². The van der Waals surface area contributed by atoms with Gasteiger partial charge in [-0.05, 0) is 12.1 Å². The average molecular weight is 229 g/mol. The molecule has 0 saturated carbocycles. The van der Waals surface area contributed by atoms with Crippen LogP contribution in [0.5, 0.6) is 0 Å². The van der Waals surface area contributed by atoms with Crippen molar-refractivity contribution in [2.24, 2.45) is 0 Å². The van der Waals surface area contributed by atoms with Crippen molar-refractivity contribution in [3.05, 3.63) is 29.6 Å². The van der Waals surface area contributed by atoms with Gasteiger partial charge in [-0.15, -0.1) is 0 Å². The van der Waals surface area contributed by atoms with E-state index in [1.54, 1.807) is 0 Å². The summed E-state index contributed by atoms with van der Waals surface area (Å²) < 4.78 is 17.5. The summed E-state index contributed by atoms with van der Waals surface area (Å²) in [5.74, 6) is -1.83. The highest BCUT2D eigenvalue weighted by Crippen LogP contribution is 2.22. The summed E-state index contributed by atoms with van der Waals surface area (Å²) in [6.07, 6.45) is -3.52. The predicted molar refractivity (Wildman–Crippen MR) is 53.8 cm³/mol. The first-order valence-electron chi connectivity index (χ1n) is 4.46. The summed E-state index contributed by atoms with van der Waals surface area (Å²) in [5, 5.41) is 18.8. The number of esters is 1. The van der Waals surface area contributed by atoms with Crippen molar-refractivity contribution in [2.75, 3.05) is 12.8 Å². The zero-order chi connectivity index (χ0) is 12.3. The Morgan fingerprint density at radius 1 is 1.50 bits per heavy atom. The standard InChI is InChI=1S/C10H12FNO4/c1-16-10(15)9(14)8(13)6-3-2-5(12)4-7(6)11/h2-4,8-9,13-14H,12H2,1H3. The summed E-state index contributed by atoms with van der Waals surface area (Å²) in [7, 11) is 1.05. The van der Waals surface area contributed by atoms with E-state index in [-0.39, 0.29) is 11.3 Å². The lowest BCUT2D eigenvalue weighted by Crippen LogP contribution is -2.29. The van der Waals surface area contributed by atoms with E-state index in [0.717, 1.165) is 13.2 Å². The molecule has 88 valence electrons. The Morgan fingerprint density at radius 3 is 2.62 bits per heavy atom. The van der Waals surface area contributed by atoms with Crippen LogP contribution in [0.1, 0.15) is 11.7 Å². The number of nitrogen functional groups attached to an aromatic ring is 1. The summed E-state index contributed by atoms with van der Waals surface area (Å²) in [6, 6.07) is 3.54. The number of halogens is 1. The van der Waals surface area contributed by atoms with Gasteiger partial charge in [-0.2, -0.15) is 0 Å². The van der Waals surface area contributed by atoms with Crippen LogP contribution in [0.2, 0.25) is 0 Å². The molecule has 0 amide bonds. The third-order valence-electron chi connectivity index (χ3n) is 2.08. The number of anilines is 1. The number of methoxy groups -OCH3 is 1. The largest absolute Gasteiger partial charge is 0.467 e. The van der Waals surface area contributed by atoms with Crippen molar-refractivity contribution in [2.45, 2.75) is 12.2 Å². The minimum absolute atomic E-state index is 0.181. The molecule has 1 aromatic carbocycles. The first kappa shape index (κ1) is 12.4. The predicted octanol–water partition coefficient (Wildman–Crippen LogP) is -0.0248. The van der Waals surface area contributed by atoms with Gasteiger partial charge in [0.15, 0.2) is 6.10 Å². The monoisotopic (exact) mass is 229 g/mol. The maximum absolute atomic E-state index is 13.3. The molecule has 0 heterocycles. The van der Waals surface area contributed by atoms with Crippen LogP contribution < -0.4 is 5.73 Å². The first-order chi connectivity index (χ1) is 7.47. The Morgan fingerprint density at radius 2 is 2.12 bits per heavy atom. The van der Waals surface area contributed by atoms with E-state index in [4.69, 9.17) is 5.73 Å². The third-order valence-corrected chi connectivity index (χ3v) is 2.08. The van der Waals surface area contributed by atoms with Crippen LogP contribution in [-0.4, -0.2) is 29.4 Å². The van der Waals surface area contributed by atoms with E-state index in [1.807, 2.05) is 0 Å². The molecule has 0 spiro atoms. The molecule has 1 aromatic rings. The van der Waals surface area contributed by atoms with E-state index in [9.17, 15) is 19.4 Å². The second-order valence-corrected chi connectivity index (χ2v) is 3.19. The Balaban J connectivity index is 2.96. The number of aliphatic hydroxyl groups is 2. The molecule has 0 aliphatic carbocycles. The third kappa shape index (κ3) is 2.47. The van der Waals surface area contributed by atoms with Gasteiger partial charge in [0, 0.05) is 11.3 Å². The number of carbonyl (C=O) groups is 1. The molecule has 0 aromatic heterocycles. The van der Waals surface area contributed by atoms with E-state index in [1.165, 1.54) is 12.1 Å². The fourth-order valence-electron chi connectivity index (χ4n) is 1.20. The van der Waals surface area contributed by atoms with E-state index < -0.39 is 24.0 Å². The SMILES string of the molecule is COC(=O)C(O)C(O)c1ccc(N)cc1F. The van der Waals surface area contributed by atoms with Crippen molar-refractivity contribution in [3.63, 3.8) is 0 Å². The van der Waals surface area contributed by atoms with Gasteiger partial charge in [-0.3, -0.25) is 0 Å². The number of rotatable bonds is 3. The Kier molecular flexibility index (Phi) is 3.81. The van der Waals surface area contributed by atoms with E-state index in [0.29, 0.717) is 0 Å². The number of ether oxygens (including phenoxy) is 1. The number of carbonyl (C=O) groups excluding carboxylic acids is 1. The lowest BCUT2D eigenvalue weighted by Gasteiger charge is -2.16. The zero-order valence-electron chi connectivity index (χ0n) is 8.55. The van der Waals surface area contributed by atoms with Gasteiger partial charge in [0.2, 0.25) is 0 Å². The Hall–Kier alpha value is -1.66. The normalized spacial score (nSPS) is 14.2. The maximum Gasteiger partial charge on any atom is 0.337 e. The van der Waals surface area contributed by atoms with Crippen LogP contribution >= 0.6 is 0 Å². The highest BCUT2D eigenvalue weighted by Gasteiger charge is 2.28.